The van der Waals surface area contributed by atoms with Crippen LogP contribution in [0.15, 0.2) is 29.0 Å². The second-order valence-corrected chi connectivity index (χ2v) is 4.27. The van der Waals surface area contributed by atoms with Gasteiger partial charge in [-0.05, 0) is 12.1 Å². The first-order valence-corrected chi connectivity index (χ1v) is 6.08. The lowest BCUT2D eigenvalue weighted by Gasteiger charge is -2.25. The smallest absolute Gasteiger partial charge is 0.241 e. The highest BCUT2D eigenvalue weighted by atomic mass is 16.5. The van der Waals surface area contributed by atoms with E-state index in [0.29, 0.717) is 11.7 Å². The molecule has 1 fully saturated rings. The van der Waals surface area contributed by atoms with Crippen molar-refractivity contribution in [3.63, 3.8) is 0 Å². The van der Waals surface area contributed by atoms with E-state index < -0.39 is 0 Å². The Morgan fingerprint density at radius 3 is 2.78 bits per heavy atom. The van der Waals surface area contributed by atoms with Gasteiger partial charge in [0, 0.05) is 44.1 Å². The van der Waals surface area contributed by atoms with E-state index in [1.807, 2.05) is 12.1 Å². The molecule has 1 aliphatic heterocycles. The summed E-state index contributed by atoms with van der Waals surface area (Å²) >= 11 is 0. The lowest BCUT2D eigenvalue weighted by molar-refractivity contribution is 0.203. The maximum Gasteiger partial charge on any atom is 0.241 e. The van der Waals surface area contributed by atoms with Crippen LogP contribution >= 0.6 is 0 Å². The molecule has 0 spiro atoms. The van der Waals surface area contributed by atoms with Gasteiger partial charge < -0.3 is 9.84 Å². The fourth-order valence-corrected chi connectivity index (χ4v) is 2.00. The zero-order valence-electron chi connectivity index (χ0n) is 10.0. The van der Waals surface area contributed by atoms with Crippen LogP contribution in [0.1, 0.15) is 5.89 Å². The van der Waals surface area contributed by atoms with Crippen molar-refractivity contribution in [2.75, 3.05) is 26.2 Å². The Bertz CT molecular complexity index is 492. The van der Waals surface area contributed by atoms with Crippen molar-refractivity contribution in [2.45, 2.75) is 6.54 Å². The third kappa shape index (κ3) is 2.55. The van der Waals surface area contributed by atoms with Crippen LogP contribution < -0.4 is 5.32 Å². The molecule has 0 aromatic carbocycles. The molecule has 2 aromatic heterocycles. The summed E-state index contributed by atoms with van der Waals surface area (Å²) in [6, 6.07) is 3.75. The Balaban J connectivity index is 1.69. The molecule has 0 unspecified atom stereocenters. The quantitative estimate of drug-likeness (QED) is 0.851. The monoisotopic (exact) mass is 245 g/mol. The molecule has 1 N–H and O–H groups in total. The Morgan fingerprint density at radius 1 is 1.22 bits per heavy atom. The van der Waals surface area contributed by atoms with E-state index in [0.717, 1.165) is 38.3 Å². The van der Waals surface area contributed by atoms with Gasteiger partial charge in [-0.3, -0.25) is 9.88 Å². The van der Waals surface area contributed by atoms with Crippen LogP contribution in [0.3, 0.4) is 0 Å². The first kappa shape index (κ1) is 11.3. The summed E-state index contributed by atoms with van der Waals surface area (Å²) in [6.07, 6.45) is 3.45. The predicted molar refractivity (Wildman–Crippen MR) is 65.7 cm³/mol. The molecular formula is C12H15N5O. The number of nitrogens with one attached hydrogen (secondary N) is 1. The third-order valence-electron chi connectivity index (χ3n) is 2.98. The second kappa shape index (κ2) is 5.24. The summed E-state index contributed by atoms with van der Waals surface area (Å²) in [5.41, 5.74) is 0.931. The van der Waals surface area contributed by atoms with E-state index in [4.69, 9.17) is 4.52 Å². The van der Waals surface area contributed by atoms with Gasteiger partial charge in [0.2, 0.25) is 11.7 Å². The number of piperazine rings is 1. The highest BCUT2D eigenvalue weighted by molar-refractivity contribution is 5.52. The molecule has 3 rings (SSSR count). The number of hydrogen-bond acceptors (Lipinski definition) is 6. The van der Waals surface area contributed by atoms with Gasteiger partial charge >= 0.3 is 0 Å². The number of nitrogens with zero attached hydrogens (tertiary/aromatic N) is 4. The first-order valence-electron chi connectivity index (χ1n) is 6.08. The lowest BCUT2D eigenvalue weighted by Crippen LogP contribution is -2.42. The van der Waals surface area contributed by atoms with E-state index in [-0.39, 0.29) is 0 Å². The van der Waals surface area contributed by atoms with E-state index >= 15 is 0 Å². The van der Waals surface area contributed by atoms with Crippen LogP contribution in [0.2, 0.25) is 0 Å². The van der Waals surface area contributed by atoms with Gasteiger partial charge in [-0.2, -0.15) is 4.98 Å². The molecule has 1 saturated heterocycles. The normalized spacial score (nSPS) is 16.9. The van der Waals surface area contributed by atoms with E-state index in [1.54, 1.807) is 12.4 Å². The minimum atomic E-state index is 0.627. The van der Waals surface area contributed by atoms with Crippen LogP contribution in [0.25, 0.3) is 11.4 Å². The highest BCUT2D eigenvalue weighted by Crippen LogP contribution is 2.14. The SMILES string of the molecule is c1cc(-c2noc(CN3CCNCC3)n2)ccn1. The highest BCUT2D eigenvalue weighted by Gasteiger charge is 2.14. The summed E-state index contributed by atoms with van der Waals surface area (Å²) in [7, 11) is 0. The zero-order valence-corrected chi connectivity index (χ0v) is 10.0. The Kier molecular flexibility index (Phi) is 3.29. The molecule has 18 heavy (non-hydrogen) atoms. The number of pyridine rings is 1. The van der Waals surface area contributed by atoms with Crippen LogP contribution in [-0.4, -0.2) is 46.2 Å². The number of rotatable bonds is 3. The summed E-state index contributed by atoms with van der Waals surface area (Å²) in [5.74, 6) is 1.30. The standard InChI is InChI=1S/C12H15N5O/c1-3-13-4-2-10(1)12-15-11(18-16-12)9-17-7-5-14-6-8-17/h1-4,14H,5-9H2. The lowest BCUT2D eigenvalue weighted by atomic mass is 10.2. The van der Waals surface area contributed by atoms with Gasteiger partial charge in [0.05, 0.1) is 6.54 Å². The molecule has 3 heterocycles. The van der Waals surface area contributed by atoms with Gasteiger partial charge in [0.1, 0.15) is 0 Å². The fraction of sp³-hybridized carbons (Fsp3) is 0.417. The molecule has 6 nitrogen and oxygen atoms in total. The van der Waals surface area contributed by atoms with Gasteiger partial charge in [-0.25, -0.2) is 0 Å². The summed E-state index contributed by atoms with van der Waals surface area (Å²) < 4.78 is 5.28. The van der Waals surface area contributed by atoms with E-state index in [2.05, 4.69) is 25.3 Å². The second-order valence-electron chi connectivity index (χ2n) is 4.27. The van der Waals surface area contributed by atoms with Crippen molar-refractivity contribution in [3.05, 3.63) is 30.4 Å². The van der Waals surface area contributed by atoms with Crippen LogP contribution in [0.5, 0.6) is 0 Å². The molecule has 0 radical (unpaired) electrons. The Morgan fingerprint density at radius 2 is 2.00 bits per heavy atom. The molecule has 0 saturated carbocycles. The third-order valence-corrected chi connectivity index (χ3v) is 2.98. The maximum absolute atomic E-state index is 5.28. The number of hydrogen-bond donors (Lipinski definition) is 1. The van der Waals surface area contributed by atoms with Crippen molar-refractivity contribution < 1.29 is 4.52 Å². The summed E-state index contributed by atoms with van der Waals surface area (Å²) in [5, 5.41) is 7.31. The topological polar surface area (TPSA) is 67.1 Å². The summed E-state index contributed by atoms with van der Waals surface area (Å²) in [6.45, 7) is 4.80. The zero-order chi connectivity index (χ0) is 12.2. The van der Waals surface area contributed by atoms with Crippen molar-refractivity contribution in [1.82, 2.24) is 25.3 Å². The molecule has 1 aliphatic rings. The molecule has 2 aromatic rings. The van der Waals surface area contributed by atoms with Crippen molar-refractivity contribution in [1.29, 1.82) is 0 Å². The Labute approximate surface area is 105 Å². The molecule has 0 atom stereocenters. The first-order chi connectivity index (χ1) is 8.92. The van der Waals surface area contributed by atoms with Crippen LogP contribution in [-0.2, 0) is 6.54 Å². The minimum absolute atomic E-state index is 0.627. The van der Waals surface area contributed by atoms with Gasteiger partial charge in [0.25, 0.3) is 0 Å². The fourth-order valence-electron chi connectivity index (χ4n) is 2.00. The molecule has 0 amide bonds. The molecule has 94 valence electrons. The van der Waals surface area contributed by atoms with Crippen molar-refractivity contribution in [2.24, 2.45) is 0 Å². The van der Waals surface area contributed by atoms with Gasteiger partial charge in [-0.15, -0.1) is 0 Å². The largest absolute Gasteiger partial charge is 0.338 e. The van der Waals surface area contributed by atoms with Crippen LogP contribution in [0, 0.1) is 0 Å². The average molecular weight is 245 g/mol. The van der Waals surface area contributed by atoms with E-state index in [9.17, 15) is 0 Å². The van der Waals surface area contributed by atoms with Crippen molar-refractivity contribution >= 4 is 0 Å². The van der Waals surface area contributed by atoms with E-state index in [1.165, 1.54) is 0 Å². The average Bonchev–Trinajstić information content (AvgIpc) is 2.89. The molecule has 0 bridgehead atoms. The van der Waals surface area contributed by atoms with Crippen LogP contribution in [0.4, 0.5) is 0 Å². The number of aromatic nitrogens is 3. The minimum Gasteiger partial charge on any atom is -0.338 e. The summed E-state index contributed by atoms with van der Waals surface area (Å²) in [4.78, 5) is 10.7. The Hall–Kier alpha value is -1.79. The van der Waals surface area contributed by atoms with Gasteiger partial charge in [0.15, 0.2) is 0 Å². The predicted octanol–water partition coefficient (Wildman–Crippen LogP) is 0.537. The maximum atomic E-state index is 5.28. The van der Waals surface area contributed by atoms with Crippen molar-refractivity contribution in [3.8, 4) is 11.4 Å². The molecular weight excluding hydrogens is 230 g/mol. The molecule has 0 aliphatic carbocycles. The molecule has 6 heteroatoms. The van der Waals surface area contributed by atoms with Gasteiger partial charge in [-0.1, -0.05) is 5.16 Å².